The lowest BCUT2D eigenvalue weighted by atomic mass is 10.1. The van der Waals surface area contributed by atoms with Gasteiger partial charge in [-0.1, -0.05) is 11.6 Å². The SMILES string of the molecule is O=C(c1ccc(Cl)cc1)N1CCN(CC(O)C2CC2)CC1. The average Bonchev–Trinajstić information content (AvgIpc) is 3.33. The molecule has 1 aromatic rings. The van der Waals surface area contributed by atoms with Gasteiger partial charge in [0, 0.05) is 43.3 Å². The molecule has 1 unspecified atom stereocenters. The summed E-state index contributed by atoms with van der Waals surface area (Å²) in [5.74, 6) is 0.577. The van der Waals surface area contributed by atoms with Crippen LogP contribution in [0.2, 0.25) is 5.02 Å². The van der Waals surface area contributed by atoms with E-state index in [2.05, 4.69) is 4.90 Å². The van der Waals surface area contributed by atoms with Gasteiger partial charge >= 0.3 is 0 Å². The van der Waals surface area contributed by atoms with Crippen molar-refractivity contribution in [1.82, 2.24) is 9.80 Å². The highest BCUT2D eigenvalue weighted by molar-refractivity contribution is 6.30. The quantitative estimate of drug-likeness (QED) is 0.923. The monoisotopic (exact) mass is 308 g/mol. The largest absolute Gasteiger partial charge is 0.392 e. The van der Waals surface area contributed by atoms with Crippen molar-refractivity contribution in [1.29, 1.82) is 0 Å². The lowest BCUT2D eigenvalue weighted by Gasteiger charge is -2.35. The number of benzene rings is 1. The van der Waals surface area contributed by atoms with Gasteiger partial charge in [0.05, 0.1) is 6.10 Å². The van der Waals surface area contributed by atoms with Crippen LogP contribution >= 0.6 is 11.6 Å². The number of carbonyl (C=O) groups is 1. The van der Waals surface area contributed by atoms with E-state index in [0.29, 0.717) is 16.5 Å². The molecule has 0 spiro atoms. The Morgan fingerprint density at radius 1 is 1.19 bits per heavy atom. The van der Waals surface area contributed by atoms with Crippen LogP contribution in [0.3, 0.4) is 0 Å². The molecule has 2 fully saturated rings. The number of hydrogen-bond acceptors (Lipinski definition) is 3. The minimum absolute atomic E-state index is 0.0639. The fourth-order valence-corrected chi connectivity index (χ4v) is 2.93. The molecule has 1 heterocycles. The van der Waals surface area contributed by atoms with Gasteiger partial charge in [-0.15, -0.1) is 0 Å². The van der Waals surface area contributed by atoms with Crippen molar-refractivity contribution in [3.05, 3.63) is 34.9 Å². The second-order valence-electron chi connectivity index (χ2n) is 6.00. The van der Waals surface area contributed by atoms with E-state index < -0.39 is 0 Å². The van der Waals surface area contributed by atoms with E-state index in [1.54, 1.807) is 24.3 Å². The van der Waals surface area contributed by atoms with Crippen molar-refractivity contribution in [2.24, 2.45) is 5.92 Å². The summed E-state index contributed by atoms with van der Waals surface area (Å²) in [6, 6.07) is 7.04. The minimum atomic E-state index is -0.191. The molecule has 1 saturated heterocycles. The summed E-state index contributed by atoms with van der Waals surface area (Å²) in [4.78, 5) is 16.5. The van der Waals surface area contributed by atoms with Crippen LogP contribution in [0.5, 0.6) is 0 Å². The van der Waals surface area contributed by atoms with Crippen LogP contribution in [-0.2, 0) is 0 Å². The van der Waals surface area contributed by atoms with E-state index in [-0.39, 0.29) is 12.0 Å². The highest BCUT2D eigenvalue weighted by Crippen LogP contribution is 2.32. The Hall–Kier alpha value is -1.10. The summed E-state index contributed by atoms with van der Waals surface area (Å²) < 4.78 is 0. The predicted molar refractivity (Wildman–Crippen MR) is 82.5 cm³/mol. The van der Waals surface area contributed by atoms with Gasteiger partial charge in [0.2, 0.25) is 0 Å². The maximum atomic E-state index is 12.4. The van der Waals surface area contributed by atoms with Gasteiger partial charge in [0.15, 0.2) is 0 Å². The third-order valence-electron chi connectivity index (χ3n) is 4.36. The van der Waals surface area contributed by atoms with E-state index in [1.807, 2.05) is 4.90 Å². The van der Waals surface area contributed by atoms with E-state index in [0.717, 1.165) is 45.6 Å². The second-order valence-corrected chi connectivity index (χ2v) is 6.44. The molecule has 1 aromatic carbocycles. The lowest BCUT2D eigenvalue weighted by Crippen LogP contribution is -2.50. The highest BCUT2D eigenvalue weighted by Gasteiger charge is 2.32. The van der Waals surface area contributed by atoms with Gasteiger partial charge in [-0.05, 0) is 43.0 Å². The van der Waals surface area contributed by atoms with Gasteiger partial charge in [0.1, 0.15) is 0 Å². The van der Waals surface area contributed by atoms with E-state index in [9.17, 15) is 9.90 Å². The van der Waals surface area contributed by atoms with Gasteiger partial charge in [-0.25, -0.2) is 0 Å². The molecule has 1 atom stereocenters. The Balaban J connectivity index is 1.50. The molecule has 3 rings (SSSR count). The Morgan fingerprint density at radius 3 is 2.38 bits per heavy atom. The van der Waals surface area contributed by atoms with E-state index >= 15 is 0 Å². The summed E-state index contributed by atoms with van der Waals surface area (Å²) in [5.41, 5.74) is 0.686. The molecule has 2 aliphatic rings. The molecule has 0 aromatic heterocycles. The number of nitrogens with zero attached hydrogens (tertiary/aromatic N) is 2. The van der Waals surface area contributed by atoms with Crippen molar-refractivity contribution >= 4 is 17.5 Å². The lowest BCUT2D eigenvalue weighted by molar-refractivity contribution is 0.0488. The number of halogens is 1. The third-order valence-corrected chi connectivity index (χ3v) is 4.61. The number of piperazine rings is 1. The number of hydrogen-bond donors (Lipinski definition) is 1. The number of aliphatic hydroxyl groups excluding tert-OH is 1. The fraction of sp³-hybridized carbons (Fsp3) is 0.562. The number of aliphatic hydroxyl groups is 1. The first-order valence-corrected chi connectivity index (χ1v) is 7.96. The normalized spacial score (nSPS) is 21.3. The van der Waals surface area contributed by atoms with Gasteiger partial charge in [-0.2, -0.15) is 0 Å². The van der Waals surface area contributed by atoms with Crippen molar-refractivity contribution in [2.75, 3.05) is 32.7 Å². The number of rotatable bonds is 4. The average molecular weight is 309 g/mol. The molecule has 5 heteroatoms. The van der Waals surface area contributed by atoms with E-state index in [4.69, 9.17) is 11.6 Å². The van der Waals surface area contributed by atoms with E-state index in [1.165, 1.54) is 0 Å². The minimum Gasteiger partial charge on any atom is -0.392 e. The first-order valence-electron chi connectivity index (χ1n) is 7.59. The second kappa shape index (κ2) is 6.34. The van der Waals surface area contributed by atoms with Crippen LogP contribution in [0, 0.1) is 5.92 Å². The fourth-order valence-electron chi connectivity index (χ4n) is 2.80. The number of β-amino-alcohol motifs (C(OH)–C–C–N with tert-alkyl or cyclic N) is 1. The summed E-state index contributed by atoms with van der Waals surface area (Å²) in [6.07, 6.45) is 2.13. The first-order chi connectivity index (χ1) is 10.1. The first kappa shape index (κ1) is 14.8. The zero-order valence-corrected chi connectivity index (χ0v) is 12.8. The molecule has 1 saturated carbocycles. The summed E-state index contributed by atoms with van der Waals surface area (Å²) >= 11 is 5.85. The zero-order valence-electron chi connectivity index (χ0n) is 12.0. The molecule has 1 aliphatic carbocycles. The molecule has 4 nitrogen and oxygen atoms in total. The van der Waals surface area contributed by atoms with Gasteiger partial charge < -0.3 is 10.0 Å². The van der Waals surface area contributed by atoms with Crippen LogP contribution in [0.4, 0.5) is 0 Å². The summed E-state index contributed by atoms with van der Waals surface area (Å²) in [6.45, 7) is 3.86. The molecular weight excluding hydrogens is 288 g/mol. The molecule has 1 N–H and O–H groups in total. The van der Waals surface area contributed by atoms with Gasteiger partial charge in [0.25, 0.3) is 5.91 Å². The van der Waals surface area contributed by atoms with Gasteiger partial charge in [-0.3, -0.25) is 9.69 Å². The zero-order chi connectivity index (χ0) is 14.8. The molecule has 1 amide bonds. The topological polar surface area (TPSA) is 43.8 Å². The Morgan fingerprint density at radius 2 is 1.81 bits per heavy atom. The smallest absolute Gasteiger partial charge is 0.253 e. The van der Waals surface area contributed by atoms with Crippen molar-refractivity contribution in [3.8, 4) is 0 Å². The molecule has 21 heavy (non-hydrogen) atoms. The van der Waals surface area contributed by atoms with Crippen molar-refractivity contribution in [3.63, 3.8) is 0 Å². The Bertz CT molecular complexity index is 494. The molecule has 114 valence electrons. The van der Waals surface area contributed by atoms with Crippen LogP contribution < -0.4 is 0 Å². The van der Waals surface area contributed by atoms with Crippen molar-refractivity contribution in [2.45, 2.75) is 18.9 Å². The van der Waals surface area contributed by atoms with Crippen molar-refractivity contribution < 1.29 is 9.90 Å². The molecule has 1 aliphatic heterocycles. The number of carbonyl (C=O) groups excluding carboxylic acids is 1. The summed E-state index contributed by atoms with van der Waals surface area (Å²) in [7, 11) is 0. The molecule has 0 bridgehead atoms. The molecular formula is C16H21ClN2O2. The summed E-state index contributed by atoms with van der Waals surface area (Å²) in [5, 5.41) is 10.6. The standard InChI is InChI=1S/C16H21ClN2O2/c17-14-5-3-13(4-6-14)16(21)19-9-7-18(8-10-19)11-15(20)12-1-2-12/h3-6,12,15,20H,1-2,7-11H2. The maximum absolute atomic E-state index is 12.4. The number of amides is 1. The third kappa shape index (κ3) is 3.76. The van der Waals surface area contributed by atoms with Crippen LogP contribution in [0.15, 0.2) is 24.3 Å². The van der Waals surface area contributed by atoms with Crippen LogP contribution in [0.1, 0.15) is 23.2 Å². The maximum Gasteiger partial charge on any atom is 0.253 e. The molecule has 0 radical (unpaired) electrons. The Kier molecular flexibility index (Phi) is 4.48. The highest BCUT2D eigenvalue weighted by atomic mass is 35.5. The van der Waals surface area contributed by atoms with Crippen LogP contribution in [0.25, 0.3) is 0 Å². The van der Waals surface area contributed by atoms with Crippen LogP contribution in [-0.4, -0.2) is 59.6 Å². The Labute approximate surface area is 130 Å². The predicted octanol–water partition coefficient (Wildman–Crippen LogP) is 1.87.